The van der Waals surface area contributed by atoms with Crippen molar-refractivity contribution >= 4 is 27.3 Å². The maximum absolute atomic E-state index is 12.7. The normalized spacial score (nSPS) is 21.9. The van der Waals surface area contributed by atoms with Crippen LogP contribution in [0.2, 0.25) is 5.02 Å². The molecule has 1 amide bonds. The van der Waals surface area contributed by atoms with Crippen LogP contribution >= 0.6 is 11.6 Å². The van der Waals surface area contributed by atoms with Crippen LogP contribution < -0.4 is 0 Å². The number of nitrogens with zero attached hydrogens (tertiary/aromatic N) is 3. The summed E-state index contributed by atoms with van der Waals surface area (Å²) in [5.41, 5.74) is 0.942. The molecular weight excluding hydrogens is 438 g/mol. The van der Waals surface area contributed by atoms with E-state index in [1.807, 2.05) is 36.4 Å². The van der Waals surface area contributed by atoms with Crippen LogP contribution in [-0.4, -0.2) is 86.3 Å². The fourth-order valence-corrected chi connectivity index (χ4v) is 6.10. The van der Waals surface area contributed by atoms with Gasteiger partial charge in [0.05, 0.1) is 24.6 Å². The smallest absolute Gasteiger partial charge is 0.236 e. The second kappa shape index (κ2) is 9.32. The molecule has 9 heteroatoms. The zero-order valence-electron chi connectivity index (χ0n) is 17.7. The number of amides is 1. The molecule has 1 aromatic carbocycles. The molecule has 7 nitrogen and oxygen atoms in total. The topological polar surface area (TPSA) is 74.1 Å². The predicted octanol–water partition coefficient (Wildman–Crippen LogP) is 2.36. The molecule has 2 fully saturated rings. The molecule has 4 rings (SSSR count). The van der Waals surface area contributed by atoms with Gasteiger partial charge in [-0.3, -0.25) is 14.6 Å². The van der Waals surface area contributed by atoms with Crippen molar-refractivity contribution in [1.29, 1.82) is 0 Å². The highest BCUT2D eigenvalue weighted by atomic mass is 35.5. The monoisotopic (exact) mass is 465 g/mol. The molecule has 0 bridgehead atoms. The first-order valence-corrected chi connectivity index (χ1v) is 12.7. The average molecular weight is 466 g/mol. The quantitative estimate of drug-likeness (QED) is 0.652. The van der Waals surface area contributed by atoms with Gasteiger partial charge in [-0.25, -0.2) is 8.42 Å². The highest BCUT2D eigenvalue weighted by Crippen LogP contribution is 2.24. The Labute approximate surface area is 188 Å². The third-order valence-corrected chi connectivity index (χ3v) is 8.10. The maximum atomic E-state index is 12.7. The van der Waals surface area contributed by atoms with E-state index >= 15 is 0 Å². The van der Waals surface area contributed by atoms with Crippen molar-refractivity contribution in [2.24, 2.45) is 0 Å². The largest absolute Gasteiger partial charge is 0.459 e. The van der Waals surface area contributed by atoms with Crippen molar-refractivity contribution in [2.45, 2.75) is 19.0 Å². The Morgan fingerprint density at radius 2 is 1.84 bits per heavy atom. The Balaban J connectivity index is 1.24. The minimum Gasteiger partial charge on any atom is -0.459 e. The number of halogens is 1. The summed E-state index contributed by atoms with van der Waals surface area (Å²) >= 11 is 5.93. The van der Waals surface area contributed by atoms with Crippen molar-refractivity contribution in [3.05, 3.63) is 47.2 Å². The van der Waals surface area contributed by atoms with Gasteiger partial charge in [0.2, 0.25) is 5.91 Å². The number of rotatable bonds is 6. The highest BCUT2D eigenvalue weighted by molar-refractivity contribution is 7.91. The summed E-state index contributed by atoms with van der Waals surface area (Å²) in [5, 5.41) is 0.676. The molecule has 1 aromatic heterocycles. The van der Waals surface area contributed by atoms with Crippen LogP contribution in [0.3, 0.4) is 0 Å². The van der Waals surface area contributed by atoms with Crippen molar-refractivity contribution in [3.8, 4) is 11.3 Å². The minimum atomic E-state index is -2.87. The molecule has 2 aliphatic heterocycles. The number of hydrogen-bond donors (Lipinski definition) is 0. The van der Waals surface area contributed by atoms with Gasteiger partial charge < -0.3 is 9.32 Å². The molecule has 2 aromatic rings. The van der Waals surface area contributed by atoms with Crippen molar-refractivity contribution < 1.29 is 17.6 Å². The van der Waals surface area contributed by atoms with Gasteiger partial charge in [0.1, 0.15) is 11.5 Å². The summed E-state index contributed by atoms with van der Waals surface area (Å²) < 4.78 is 29.3. The van der Waals surface area contributed by atoms with Gasteiger partial charge in [-0.15, -0.1) is 0 Å². The van der Waals surface area contributed by atoms with E-state index in [0.717, 1.165) is 49.7 Å². The Morgan fingerprint density at radius 1 is 1.13 bits per heavy atom. The molecule has 3 heterocycles. The van der Waals surface area contributed by atoms with Crippen LogP contribution in [0.4, 0.5) is 0 Å². The molecule has 0 radical (unpaired) electrons. The van der Waals surface area contributed by atoms with Gasteiger partial charge in [0, 0.05) is 49.9 Å². The summed E-state index contributed by atoms with van der Waals surface area (Å²) in [6.07, 6.45) is 0.727. The number of benzene rings is 1. The lowest BCUT2D eigenvalue weighted by molar-refractivity contribution is -0.132. The molecule has 0 N–H and O–H groups in total. The second-order valence-corrected chi connectivity index (χ2v) is 11.1. The lowest BCUT2D eigenvalue weighted by atomic mass is 10.2. The van der Waals surface area contributed by atoms with Crippen molar-refractivity contribution in [3.63, 3.8) is 0 Å². The zero-order valence-corrected chi connectivity index (χ0v) is 19.2. The first-order chi connectivity index (χ1) is 14.8. The molecule has 31 heavy (non-hydrogen) atoms. The number of likely N-dealkylation sites (N-methyl/N-ethyl adjacent to an activating group) is 1. The first kappa shape index (κ1) is 22.3. The van der Waals surface area contributed by atoms with Gasteiger partial charge in [0.25, 0.3) is 0 Å². The van der Waals surface area contributed by atoms with Crippen LogP contribution in [0.15, 0.2) is 40.8 Å². The molecule has 2 aliphatic rings. The summed E-state index contributed by atoms with van der Waals surface area (Å²) in [7, 11) is -1.08. The van der Waals surface area contributed by atoms with Crippen molar-refractivity contribution in [1.82, 2.24) is 14.7 Å². The van der Waals surface area contributed by atoms with E-state index in [-0.39, 0.29) is 17.7 Å². The van der Waals surface area contributed by atoms with E-state index in [1.165, 1.54) is 0 Å². The fraction of sp³-hybridized carbons (Fsp3) is 0.500. The number of sulfone groups is 1. The molecule has 0 saturated carbocycles. The second-order valence-electron chi connectivity index (χ2n) is 8.39. The molecule has 1 unspecified atom stereocenters. The summed E-state index contributed by atoms with van der Waals surface area (Å²) in [5.74, 6) is 2.09. The van der Waals surface area contributed by atoms with Crippen LogP contribution in [0, 0.1) is 0 Å². The third kappa shape index (κ3) is 5.68. The van der Waals surface area contributed by atoms with Gasteiger partial charge in [0.15, 0.2) is 9.84 Å². The van der Waals surface area contributed by atoms with Gasteiger partial charge >= 0.3 is 0 Å². The Kier molecular flexibility index (Phi) is 6.71. The first-order valence-electron chi connectivity index (χ1n) is 10.5. The highest BCUT2D eigenvalue weighted by Gasteiger charge is 2.34. The average Bonchev–Trinajstić information content (AvgIpc) is 3.35. The number of hydrogen-bond acceptors (Lipinski definition) is 6. The maximum Gasteiger partial charge on any atom is 0.236 e. The third-order valence-electron chi connectivity index (χ3n) is 6.10. The zero-order chi connectivity index (χ0) is 22.0. The van der Waals surface area contributed by atoms with E-state index in [9.17, 15) is 13.2 Å². The molecule has 1 atom stereocenters. The number of carbonyl (C=O) groups excluding carboxylic acids is 1. The predicted molar refractivity (Wildman–Crippen MR) is 121 cm³/mol. The van der Waals surface area contributed by atoms with E-state index in [4.69, 9.17) is 16.0 Å². The fourth-order valence-electron chi connectivity index (χ4n) is 4.22. The summed E-state index contributed by atoms with van der Waals surface area (Å²) in [4.78, 5) is 18.8. The van der Waals surface area contributed by atoms with E-state index < -0.39 is 9.84 Å². The standard InChI is InChI=1S/C22H28ClN3O4S/c1-24(14-20-6-7-21(30-20)17-2-4-18(23)5-3-17)22(27)15-25-9-11-26(12-10-25)19-8-13-31(28,29)16-19/h2-7,19H,8-16H2,1H3. The molecule has 0 aliphatic carbocycles. The number of carbonyl (C=O) groups is 1. The summed E-state index contributed by atoms with van der Waals surface area (Å²) in [6.45, 7) is 3.93. The Morgan fingerprint density at radius 3 is 2.48 bits per heavy atom. The molecule has 168 valence electrons. The number of piperazine rings is 1. The Hall–Kier alpha value is -1.87. The lowest BCUT2D eigenvalue weighted by Gasteiger charge is -2.37. The van der Waals surface area contributed by atoms with Crippen LogP contribution in [0.1, 0.15) is 12.2 Å². The molecular formula is C22H28ClN3O4S. The van der Waals surface area contributed by atoms with Crippen LogP contribution in [0.5, 0.6) is 0 Å². The Bertz CT molecular complexity index is 1010. The number of furan rings is 1. The molecule has 0 spiro atoms. The van der Waals surface area contributed by atoms with E-state index in [1.54, 1.807) is 11.9 Å². The van der Waals surface area contributed by atoms with Gasteiger partial charge in [-0.05, 0) is 42.8 Å². The molecule has 2 saturated heterocycles. The lowest BCUT2D eigenvalue weighted by Crippen LogP contribution is -2.52. The van der Waals surface area contributed by atoms with E-state index in [2.05, 4.69) is 9.80 Å². The van der Waals surface area contributed by atoms with Crippen LogP contribution in [0.25, 0.3) is 11.3 Å². The van der Waals surface area contributed by atoms with Gasteiger partial charge in [-0.2, -0.15) is 0 Å². The SMILES string of the molecule is CN(Cc1ccc(-c2ccc(Cl)cc2)o1)C(=O)CN1CCN(C2CCS(=O)(=O)C2)CC1. The summed E-state index contributed by atoms with van der Waals surface area (Å²) in [6, 6.07) is 11.4. The van der Waals surface area contributed by atoms with Crippen molar-refractivity contribution in [2.75, 3.05) is 51.3 Å². The van der Waals surface area contributed by atoms with Crippen LogP contribution in [-0.2, 0) is 21.2 Å². The van der Waals surface area contributed by atoms with Gasteiger partial charge in [-0.1, -0.05) is 11.6 Å². The van der Waals surface area contributed by atoms with E-state index in [0.29, 0.717) is 23.9 Å². The minimum absolute atomic E-state index is 0.0429.